The Bertz CT molecular complexity index is 870. The summed E-state index contributed by atoms with van der Waals surface area (Å²) in [7, 11) is 0. The highest BCUT2D eigenvalue weighted by atomic mass is 35.5. The lowest BCUT2D eigenvalue weighted by molar-refractivity contribution is -0.179. The van der Waals surface area contributed by atoms with Crippen molar-refractivity contribution in [3.8, 4) is 0 Å². The van der Waals surface area contributed by atoms with Gasteiger partial charge in [-0.25, -0.2) is 5.01 Å². The Morgan fingerprint density at radius 3 is 2.39 bits per heavy atom. The van der Waals surface area contributed by atoms with E-state index >= 15 is 0 Å². The molecule has 2 amide bonds. The highest BCUT2D eigenvalue weighted by Gasteiger charge is 2.65. The van der Waals surface area contributed by atoms with Crippen molar-refractivity contribution in [3.63, 3.8) is 0 Å². The Hall–Kier alpha value is -1.46. The van der Waals surface area contributed by atoms with Crippen LogP contribution in [0.1, 0.15) is 46.0 Å². The molecule has 1 aromatic carbocycles. The second-order valence-electron chi connectivity index (χ2n) is 9.70. The molecule has 4 bridgehead atoms. The zero-order valence-corrected chi connectivity index (χ0v) is 17.6. The van der Waals surface area contributed by atoms with Gasteiger partial charge in [-0.05, 0) is 75.8 Å². The van der Waals surface area contributed by atoms with E-state index in [2.05, 4.69) is 0 Å². The number of amides is 2. The molecule has 6 rings (SSSR count). The van der Waals surface area contributed by atoms with Crippen molar-refractivity contribution in [2.24, 2.45) is 28.9 Å². The molecule has 1 aromatic rings. The van der Waals surface area contributed by atoms with Gasteiger partial charge in [0.05, 0.1) is 21.8 Å². The lowest BCUT2D eigenvalue weighted by Gasteiger charge is -2.67. The van der Waals surface area contributed by atoms with Crippen molar-refractivity contribution in [1.29, 1.82) is 0 Å². The summed E-state index contributed by atoms with van der Waals surface area (Å²) in [6.07, 6.45) is 4.64. The summed E-state index contributed by atoms with van der Waals surface area (Å²) in [6.45, 7) is 3.84. The molecule has 2 N–H and O–H groups in total. The van der Waals surface area contributed by atoms with E-state index in [0.29, 0.717) is 27.8 Å². The van der Waals surface area contributed by atoms with Gasteiger partial charge in [0.1, 0.15) is 5.54 Å². The quantitative estimate of drug-likeness (QED) is 0.801. The van der Waals surface area contributed by atoms with E-state index in [0.717, 1.165) is 37.8 Å². The average Bonchev–Trinajstić information content (AvgIpc) is 2.62. The second kappa shape index (κ2) is 5.79. The molecule has 3 unspecified atom stereocenters. The fraction of sp³-hybridized carbons (Fsp3) is 0.619. The summed E-state index contributed by atoms with van der Waals surface area (Å²) in [6, 6.07) is 5.63. The molecule has 5 atom stereocenters. The lowest BCUT2D eigenvalue weighted by Crippen LogP contribution is -2.80. The number of primary amides is 1. The molecule has 28 heavy (non-hydrogen) atoms. The standard InChI is InChI=1S/C21H25Cl2N3O2/c1-20(2)19(28)25(26(20)15-5-3-4-14(22)16(15)23)17-12-6-11-7-13(17)10-21(8-11,9-12)18(24)27/h3-5,11-13,17H,6-10H2,1-2H3,(H2,24,27)/t11?,12-,13+,17?,21?. The van der Waals surface area contributed by atoms with E-state index in [1.807, 2.05) is 36.0 Å². The Labute approximate surface area is 175 Å². The molecule has 0 radical (unpaired) electrons. The van der Waals surface area contributed by atoms with Crippen LogP contribution in [-0.2, 0) is 9.59 Å². The first-order valence-electron chi connectivity index (χ1n) is 10.0. The maximum absolute atomic E-state index is 13.2. The Morgan fingerprint density at radius 2 is 1.79 bits per heavy atom. The van der Waals surface area contributed by atoms with Crippen molar-refractivity contribution < 1.29 is 9.59 Å². The van der Waals surface area contributed by atoms with Crippen LogP contribution in [0.3, 0.4) is 0 Å². The van der Waals surface area contributed by atoms with E-state index in [1.54, 1.807) is 6.07 Å². The first kappa shape index (κ1) is 18.6. The number of halogens is 2. The molecule has 4 aliphatic carbocycles. The Balaban J connectivity index is 1.53. The number of nitrogens with two attached hydrogens (primary N) is 1. The average molecular weight is 422 g/mol. The molecule has 5 aliphatic rings. The number of benzene rings is 1. The highest BCUT2D eigenvalue weighted by molar-refractivity contribution is 6.43. The fourth-order valence-electron chi connectivity index (χ4n) is 6.73. The second-order valence-corrected chi connectivity index (χ2v) is 10.5. The molecule has 4 saturated carbocycles. The minimum atomic E-state index is -0.676. The molecular weight excluding hydrogens is 397 g/mol. The van der Waals surface area contributed by atoms with Gasteiger partial charge in [0.2, 0.25) is 5.91 Å². The first-order valence-corrected chi connectivity index (χ1v) is 10.8. The third-order valence-corrected chi connectivity index (χ3v) is 8.47. The van der Waals surface area contributed by atoms with E-state index < -0.39 is 5.54 Å². The van der Waals surface area contributed by atoms with Crippen LogP contribution in [0.4, 0.5) is 5.69 Å². The van der Waals surface area contributed by atoms with E-state index in [-0.39, 0.29) is 23.3 Å². The van der Waals surface area contributed by atoms with E-state index in [1.165, 1.54) is 0 Å². The fourth-order valence-corrected chi connectivity index (χ4v) is 7.10. The van der Waals surface area contributed by atoms with Crippen LogP contribution in [0.2, 0.25) is 10.0 Å². The van der Waals surface area contributed by atoms with Gasteiger partial charge in [0.15, 0.2) is 0 Å². The largest absolute Gasteiger partial charge is 0.369 e. The molecule has 0 aromatic heterocycles. The smallest absolute Gasteiger partial charge is 0.268 e. The summed E-state index contributed by atoms with van der Waals surface area (Å²) < 4.78 is 0. The predicted molar refractivity (Wildman–Crippen MR) is 109 cm³/mol. The summed E-state index contributed by atoms with van der Waals surface area (Å²) in [5.74, 6) is 1.11. The van der Waals surface area contributed by atoms with Gasteiger partial charge >= 0.3 is 0 Å². The molecule has 0 spiro atoms. The number of carbonyl (C=O) groups excluding carboxylic acids is 2. The van der Waals surface area contributed by atoms with Gasteiger partial charge in [-0.15, -0.1) is 0 Å². The zero-order valence-electron chi connectivity index (χ0n) is 16.1. The van der Waals surface area contributed by atoms with Crippen LogP contribution >= 0.6 is 23.2 Å². The third kappa shape index (κ3) is 2.26. The topological polar surface area (TPSA) is 66.6 Å². The maximum atomic E-state index is 13.2. The molecule has 1 aliphatic heterocycles. The predicted octanol–water partition coefficient (Wildman–Crippen LogP) is 4.02. The van der Waals surface area contributed by atoms with Crippen molar-refractivity contribution in [3.05, 3.63) is 28.2 Å². The molecule has 7 heteroatoms. The molecule has 1 saturated heterocycles. The van der Waals surface area contributed by atoms with Gasteiger partial charge in [-0.2, -0.15) is 0 Å². The van der Waals surface area contributed by atoms with Gasteiger partial charge in [-0.3, -0.25) is 14.6 Å². The molecule has 5 fully saturated rings. The zero-order chi connectivity index (χ0) is 20.0. The number of carbonyl (C=O) groups is 2. The Kier molecular flexibility index (Phi) is 3.84. The number of hydrogen-bond donors (Lipinski definition) is 1. The third-order valence-electron chi connectivity index (χ3n) is 7.66. The molecule has 1 heterocycles. The van der Waals surface area contributed by atoms with Crippen LogP contribution in [0, 0.1) is 23.2 Å². The number of hydrazine groups is 1. The van der Waals surface area contributed by atoms with Gasteiger partial charge in [0, 0.05) is 5.41 Å². The first-order chi connectivity index (χ1) is 13.2. The maximum Gasteiger partial charge on any atom is 0.268 e. The minimum Gasteiger partial charge on any atom is -0.369 e. The summed E-state index contributed by atoms with van der Waals surface area (Å²) in [4.78, 5) is 25.5. The molecular formula is C21H25Cl2N3O2. The van der Waals surface area contributed by atoms with Gasteiger partial charge in [-0.1, -0.05) is 29.3 Å². The Morgan fingerprint density at radius 1 is 1.14 bits per heavy atom. The van der Waals surface area contributed by atoms with Crippen molar-refractivity contribution >= 4 is 40.7 Å². The summed E-state index contributed by atoms with van der Waals surface area (Å²) in [5.41, 5.74) is 5.54. The molecule has 150 valence electrons. The van der Waals surface area contributed by atoms with Crippen LogP contribution in [0.15, 0.2) is 18.2 Å². The van der Waals surface area contributed by atoms with Crippen LogP contribution < -0.4 is 10.7 Å². The van der Waals surface area contributed by atoms with E-state index in [9.17, 15) is 9.59 Å². The normalized spacial score (nSPS) is 37.9. The summed E-state index contributed by atoms with van der Waals surface area (Å²) in [5, 5.41) is 4.88. The number of rotatable bonds is 3. The van der Waals surface area contributed by atoms with Crippen LogP contribution in [0.25, 0.3) is 0 Å². The van der Waals surface area contributed by atoms with Crippen LogP contribution in [0.5, 0.6) is 0 Å². The number of nitrogens with zero attached hydrogens (tertiary/aromatic N) is 2. The van der Waals surface area contributed by atoms with Gasteiger partial charge < -0.3 is 5.73 Å². The van der Waals surface area contributed by atoms with Crippen molar-refractivity contribution in [2.45, 2.75) is 57.5 Å². The van der Waals surface area contributed by atoms with Gasteiger partial charge in [0.25, 0.3) is 5.91 Å². The SMILES string of the molecule is CC1(C)C(=O)N(C2[C@@H]3CC4C[C@H]2CC(C(N)=O)(C4)C3)N1c1cccc(Cl)c1Cl. The summed E-state index contributed by atoms with van der Waals surface area (Å²) >= 11 is 12.8. The van der Waals surface area contributed by atoms with Crippen molar-refractivity contribution in [1.82, 2.24) is 5.01 Å². The monoisotopic (exact) mass is 421 g/mol. The highest BCUT2D eigenvalue weighted by Crippen LogP contribution is 2.62. The van der Waals surface area contributed by atoms with Crippen molar-refractivity contribution in [2.75, 3.05) is 5.01 Å². The minimum absolute atomic E-state index is 0.0969. The van der Waals surface area contributed by atoms with Crippen LogP contribution in [-0.4, -0.2) is 28.4 Å². The lowest BCUT2D eigenvalue weighted by atomic mass is 9.47. The number of anilines is 1. The number of hydrogen-bond acceptors (Lipinski definition) is 3. The molecule has 5 nitrogen and oxygen atoms in total. The van der Waals surface area contributed by atoms with E-state index in [4.69, 9.17) is 28.9 Å².